The van der Waals surface area contributed by atoms with E-state index in [4.69, 9.17) is 0 Å². The van der Waals surface area contributed by atoms with E-state index in [9.17, 15) is 0 Å². The van der Waals surface area contributed by atoms with E-state index >= 15 is 0 Å². The highest BCUT2D eigenvalue weighted by atomic mass is 15.2. The molecule has 0 saturated carbocycles. The SMILES string of the molecule is Cc1ccc(CNc2nnc(Cc3ccncc3)c3ccccc23)cc1. The maximum absolute atomic E-state index is 4.50. The van der Waals surface area contributed by atoms with Crippen molar-refractivity contribution in [3.8, 4) is 0 Å². The summed E-state index contributed by atoms with van der Waals surface area (Å²) in [7, 11) is 0. The van der Waals surface area contributed by atoms with E-state index in [0.717, 1.165) is 35.2 Å². The average Bonchev–Trinajstić information content (AvgIpc) is 2.69. The number of aryl methyl sites for hydroxylation is 1. The molecule has 0 aliphatic rings. The Morgan fingerprint density at radius 3 is 2.27 bits per heavy atom. The summed E-state index contributed by atoms with van der Waals surface area (Å²) in [5.41, 5.74) is 4.65. The van der Waals surface area contributed by atoms with Gasteiger partial charge in [0.15, 0.2) is 5.82 Å². The molecule has 0 unspecified atom stereocenters. The summed E-state index contributed by atoms with van der Waals surface area (Å²) in [4.78, 5) is 4.08. The Hall–Kier alpha value is -3.27. The normalized spacial score (nSPS) is 10.8. The maximum Gasteiger partial charge on any atom is 0.156 e. The first-order valence-electron chi connectivity index (χ1n) is 8.72. The van der Waals surface area contributed by atoms with Gasteiger partial charge in [0.2, 0.25) is 0 Å². The molecule has 26 heavy (non-hydrogen) atoms. The summed E-state index contributed by atoms with van der Waals surface area (Å²) < 4.78 is 0. The van der Waals surface area contributed by atoms with E-state index in [-0.39, 0.29) is 0 Å². The van der Waals surface area contributed by atoms with Crippen LogP contribution in [0.2, 0.25) is 0 Å². The van der Waals surface area contributed by atoms with E-state index in [1.165, 1.54) is 16.7 Å². The first-order chi connectivity index (χ1) is 12.8. The van der Waals surface area contributed by atoms with E-state index in [2.05, 4.69) is 63.8 Å². The number of hydrogen-bond donors (Lipinski definition) is 1. The molecule has 0 spiro atoms. The second-order valence-corrected chi connectivity index (χ2v) is 6.41. The van der Waals surface area contributed by atoms with Gasteiger partial charge in [-0.15, -0.1) is 5.10 Å². The van der Waals surface area contributed by atoms with Gasteiger partial charge in [-0.3, -0.25) is 4.98 Å². The molecule has 4 heteroatoms. The number of benzene rings is 2. The molecule has 128 valence electrons. The van der Waals surface area contributed by atoms with Gasteiger partial charge in [0.05, 0.1) is 5.69 Å². The molecule has 4 rings (SSSR count). The fourth-order valence-electron chi connectivity index (χ4n) is 3.01. The molecule has 0 aliphatic carbocycles. The van der Waals surface area contributed by atoms with Gasteiger partial charge in [-0.25, -0.2) is 0 Å². The summed E-state index contributed by atoms with van der Waals surface area (Å²) in [6.07, 6.45) is 4.36. The fourth-order valence-corrected chi connectivity index (χ4v) is 3.01. The summed E-state index contributed by atoms with van der Waals surface area (Å²) in [5.74, 6) is 0.819. The van der Waals surface area contributed by atoms with Gasteiger partial charge in [-0.1, -0.05) is 54.1 Å². The Kier molecular flexibility index (Phi) is 4.56. The Morgan fingerprint density at radius 1 is 0.769 bits per heavy atom. The van der Waals surface area contributed by atoms with Gasteiger partial charge in [-0.2, -0.15) is 5.10 Å². The second-order valence-electron chi connectivity index (χ2n) is 6.41. The van der Waals surface area contributed by atoms with Crippen LogP contribution in [0.5, 0.6) is 0 Å². The molecule has 2 aromatic heterocycles. The quantitative estimate of drug-likeness (QED) is 0.580. The van der Waals surface area contributed by atoms with Crippen molar-refractivity contribution in [1.82, 2.24) is 15.2 Å². The highest BCUT2D eigenvalue weighted by Gasteiger charge is 2.09. The molecule has 4 nitrogen and oxygen atoms in total. The summed E-state index contributed by atoms with van der Waals surface area (Å²) in [5, 5.41) is 14.6. The molecule has 2 aromatic carbocycles. The van der Waals surface area contributed by atoms with Gasteiger partial charge in [0, 0.05) is 36.1 Å². The predicted octanol–water partition coefficient (Wildman–Crippen LogP) is 4.54. The monoisotopic (exact) mass is 340 g/mol. The zero-order chi connectivity index (χ0) is 17.8. The van der Waals surface area contributed by atoms with Crippen LogP contribution in [0.1, 0.15) is 22.4 Å². The molecule has 0 atom stereocenters. The highest BCUT2D eigenvalue weighted by molar-refractivity contribution is 5.93. The Morgan fingerprint density at radius 2 is 1.50 bits per heavy atom. The number of pyridine rings is 1. The zero-order valence-electron chi connectivity index (χ0n) is 14.7. The number of hydrogen-bond acceptors (Lipinski definition) is 4. The topological polar surface area (TPSA) is 50.7 Å². The fraction of sp³-hybridized carbons (Fsp3) is 0.136. The van der Waals surface area contributed by atoms with Crippen LogP contribution >= 0.6 is 0 Å². The van der Waals surface area contributed by atoms with Crippen molar-refractivity contribution in [2.45, 2.75) is 19.9 Å². The smallest absolute Gasteiger partial charge is 0.156 e. The Labute approximate surface area is 152 Å². The number of fused-ring (bicyclic) bond motifs is 1. The Balaban J connectivity index is 1.62. The van der Waals surface area contributed by atoms with Crippen LogP contribution in [-0.4, -0.2) is 15.2 Å². The molecular weight excluding hydrogens is 320 g/mol. The lowest BCUT2D eigenvalue weighted by Gasteiger charge is -2.11. The van der Waals surface area contributed by atoms with E-state index < -0.39 is 0 Å². The summed E-state index contributed by atoms with van der Waals surface area (Å²) >= 11 is 0. The third kappa shape index (κ3) is 3.54. The van der Waals surface area contributed by atoms with Crippen molar-refractivity contribution in [2.75, 3.05) is 5.32 Å². The van der Waals surface area contributed by atoms with Crippen molar-refractivity contribution in [2.24, 2.45) is 0 Å². The van der Waals surface area contributed by atoms with Gasteiger partial charge in [0.1, 0.15) is 0 Å². The largest absolute Gasteiger partial charge is 0.364 e. The van der Waals surface area contributed by atoms with Crippen LogP contribution in [0.3, 0.4) is 0 Å². The second kappa shape index (κ2) is 7.31. The minimum atomic E-state index is 0.725. The standard InChI is InChI=1S/C22H20N4/c1-16-6-8-18(9-7-16)15-24-22-20-5-3-2-4-19(20)21(25-26-22)14-17-10-12-23-13-11-17/h2-13H,14-15H2,1H3,(H,24,26). The zero-order valence-corrected chi connectivity index (χ0v) is 14.7. The van der Waals surface area contributed by atoms with Crippen LogP contribution in [0.25, 0.3) is 10.8 Å². The lowest BCUT2D eigenvalue weighted by atomic mass is 10.0. The molecule has 0 aliphatic heterocycles. The first-order valence-corrected chi connectivity index (χ1v) is 8.72. The number of nitrogens with one attached hydrogen (secondary N) is 1. The number of anilines is 1. The molecule has 4 aromatic rings. The molecule has 0 fully saturated rings. The summed E-state index contributed by atoms with van der Waals surface area (Å²) in [6.45, 7) is 2.82. The number of rotatable bonds is 5. The maximum atomic E-state index is 4.50. The van der Waals surface area contributed by atoms with Crippen molar-refractivity contribution in [1.29, 1.82) is 0 Å². The molecule has 0 saturated heterocycles. The van der Waals surface area contributed by atoms with Gasteiger partial charge in [0.25, 0.3) is 0 Å². The summed E-state index contributed by atoms with van der Waals surface area (Å²) in [6, 6.07) is 20.8. The minimum Gasteiger partial charge on any atom is -0.364 e. The van der Waals surface area contributed by atoms with Crippen molar-refractivity contribution < 1.29 is 0 Å². The van der Waals surface area contributed by atoms with Crippen LogP contribution in [-0.2, 0) is 13.0 Å². The van der Waals surface area contributed by atoms with Crippen LogP contribution in [0.4, 0.5) is 5.82 Å². The number of aromatic nitrogens is 3. The third-order valence-electron chi connectivity index (χ3n) is 4.47. The van der Waals surface area contributed by atoms with Gasteiger partial charge in [-0.05, 0) is 30.2 Å². The minimum absolute atomic E-state index is 0.725. The van der Waals surface area contributed by atoms with Crippen molar-refractivity contribution in [3.63, 3.8) is 0 Å². The molecular formula is C22H20N4. The molecule has 0 radical (unpaired) electrons. The van der Waals surface area contributed by atoms with E-state index in [1.807, 2.05) is 36.7 Å². The van der Waals surface area contributed by atoms with E-state index in [1.54, 1.807) is 0 Å². The van der Waals surface area contributed by atoms with Crippen molar-refractivity contribution in [3.05, 3.63) is 95.4 Å². The van der Waals surface area contributed by atoms with Crippen molar-refractivity contribution >= 4 is 16.6 Å². The van der Waals surface area contributed by atoms with Crippen LogP contribution < -0.4 is 5.32 Å². The molecule has 0 bridgehead atoms. The molecule has 1 N–H and O–H groups in total. The highest BCUT2D eigenvalue weighted by Crippen LogP contribution is 2.24. The molecule has 0 amide bonds. The predicted molar refractivity (Wildman–Crippen MR) is 105 cm³/mol. The molecule has 2 heterocycles. The first kappa shape index (κ1) is 16.2. The van der Waals surface area contributed by atoms with Crippen LogP contribution in [0.15, 0.2) is 73.1 Å². The average molecular weight is 340 g/mol. The number of nitrogens with zero attached hydrogens (tertiary/aromatic N) is 3. The third-order valence-corrected chi connectivity index (χ3v) is 4.47. The Bertz CT molecular complexity index is 1010. The van der Waals surface area contributed by atoms with Gasteiger partial charge < -0.3 is 5.32 Å². The van der Waals surface area contributed by atoms with Gasteiger partial charge >= 0.3 is 0 Å². The lowest BCUT2D eigenvalue weighted by Crippen LogP contribution is -2.05. The van der Waals surface area contributed by atoms with E-state index in [0.29, 0.717) is 0 Å². The van der Waals surface area contributed by atoms with Crippen LogP contribution in [0, 0.1) is 6.92 Å². The lowest BCUT2D eigenvalue weighted by molar-refractivity contribution is 0.946.